The predicted molar refractivity (Wildman–Crippen MR) is 94.4 cm³/mol. The quantitative estimate of drug-likeness (QED) is 0.665. The zero-order valence-electron chi connectivity index (χ0n) is 13.5. The zero-order chi connectivity index (χ0) is 18.7. The summed E-state index contributed by atoms with van der Waals surface area (Å²) in [5.41, 5.74) is -3.07. The molecule has 26 heavy (non-hydrogen) atoms. The van der Waals surface area contributed by atoms with Crippen molar-refractivity contribution >= 4 is 29.3 Å². The highest BCUT2D eigenvalue weighted by molar-refractivity contribution is 8.00. The largest absolute Gasteiger partial charge is 0.446 e. The van der Waals surface area contributed by atoms with E-state index in [2.05, 4.69) is 0 Å². The summed E-state index contributed by atoms with van der Waals surface area (Å²) in [7, 11) is 0. The number of amides is 1. The summed E-state index contributed by atoms with van der Waals surface area (Å²) >= 11 is 5.69. The molecule has 2 aromatic rings. The summed E-state index contributed by atoms with van der Waals surface area (Å²) in [6, 6.07) is 12.7. The van der Waals surface area contributed by atoms with E-state index < -0.39 is 5.51 Å². The van der Waals surface area contributed by atoms with Crippen LogP contribution in [-0.4, -0.2) is 36.0 Å². The first kappa shape index (κ1) is 19.1. The predicted octanol–water partition coefficient (Wildman–Crippen LogP) is 5.17. The third-order valence-electron chi connectivity index (χ3n) is 3.93. The monoisotopic (exact) mass is 401 g/mol. The van der Waals surface area contributed by atoms with E-state index in [4.69, 9.17) is 16.3 Å². The van der Waals surface area contributed by atoms with Gasteiger partial charge in [-0.2, -0.15) is 13.2 Å². The van der Waals surface area contributed by atoms with Crippen LogP contribution < -0.4 is 0 Å². The van der Waals surface area contributed by atoms with Gasteiger partial charge in [-0.3, -0.25) is 4.79 Å². The molecule has 0 aromatic heterocycles. The highest BCUT2D eigenvalue weighted by atomic mass is 35.5. The van der Waals surface area contributed by atoms with Crippen LogP contribution in [0.4, 0.5) is 13.2 Å². The van der Waals surface area contributed by atoms with Gasteiger partial charge in [0.25, 0.3) is 5.91 Å². The van der Waals surface area contributed by atoms with Crippen molar-refractivity contribution in [2.45, 2.75) is 16.5 Å². The maximum absolute atomic E-state index is 12.6. The SMILES string of the molecule is O=C(c1ccc(SC(F)(F)F)cc1)N1CCOC(c2ccc(Cl)cc2)C1. The zero-order valence-corrected chi connectivity index (χ0v) is 15.1. The molecule has 1 aliphatic rings. The first-order valence-corrected chi connectivity index (χ1v) is 9.03. The molecule has 0 aliphatic carbocycles. The van der Waals surface area contributed by atoms with Crippen molar-refractivity contribution in [2.24, 2.45) is 0 Å². The molecule has 8 heteroatoms. The van der Waals surface area contributed by atoms with Crippen LogP contribution >= 0.6 is 23.4 Å². The van der Waals surface area contributed by atoms with Crippen molar-refractivity contribution in [1.82, 2.24) is 4.90 Å². The molecular formula is C18H15ClF3NO2S. The number of carbonyl (C=O) groups is 1. The average molecular weight is 402 g/mol. The van der Waals surface area contributed by atoms with Gasteiger partial charge in [-0.25, -0.2) is 0 Å². The van der Waals surface area contributed by atoms with Crippen LogP contribution in [0.5, 0.6) is 0 Å². The summed E-state index contributed by atoms with van der Waals surface area (Å²) in [5.74, 6) is -0.226. The fourth-order valence-corrected chi connectivity index (χ4v) is 3.36. The topological polar surface area (TPSA) is 29.5 Å². The molecular weight excluding hydrogens is 387 g/mol. The molecule has 138 valence electrons. The molecule has 1 amide bonds. The second-order valence-electron chi connectivity index (χ2n) is 5.73. The van der Waals surface area contributed by atoms with Crippen LogP contribution in [0.2, 0.25) is 5.02 Å². The number of benzene rings is 2. The molecule has 0 spiro atoms. The van der Waals surface area contributed by atoms with Gasteiger partial charge in [-0.05, 0) is 53.7 Å². The summed E-state index contributed by atoms with van der Waals surface area (Å²) in [5, 5.41) is 0.620. The van der Waals surface area contributed by atoms with E-state index >= 15 is 0 Å². The molecule has 1 saturated heterocycles. The average Bonchev–Trinajstić information content (AvgIpc) is 2.61. The van der Waals surface area contributed by atoms with Crippen LogP contribution in [0.15, 0.2) is 53.4 Å². The number of alkyl halides is 3. The summed E-state index contributed by atoms with van der Waals surface area (Å²) in [6.07, 6.45) is -0.259. The molecule has 1 fully saturated rings. The first-order chi connectivity index (χ1) is 12.3. The second-order valence-corrected chi connectivity index (χ2v) is 7.31. The lowest BCUT2D eigenvalue weighted by molar-refractivity contribution is -0.0328. The van der Waals surface area contributed by atoms with Gasteiger partial charge in [0.05, 0.1) is 13.2 Å². The molecule has 1 atom stereocenters. The lowest BCUT2D eigenvalue weighted by atomic mass is 10.1. The molecule has 2 aromatic carbocycles. The van der Waals surface area contributed by atoms with Crippen molar-refractivity contribution in [3.63, 3.8) is 0 Å². The van der Waals surface area contributed by atoms with Gasteiger partial charge >= 0.3 is 5.51 Å². The highest BCUT2D eigenvalue weighted by Crippen LogP contribution is 2.36. The van der Waals surface area contributed by atoms with Crippen molar-refractivity contribution in [3.05, 3.63) is 64.7 Å². The van der Waals surface area contributed by atoms with Crippen LogP contribution in [-0.2, 0) is 4.74 Å². The number of morpholine rings is 1. The lowest BCUT2D eigenvalue weighted by Crippen LogP contribution is -2.42. The van der Waals surface area contributed by atoms with Gasteiger partial charge in [0.15, 0.2) is 0 Å². The van der Waals surface area contributed by atoms with Crippen molar-refractivity contribution in [3.8, 4) is 0 Å². The van der Waals surface area contributed by atoms with Gasteiger partial charge in [0.1, 0.15) is 6.10 Å². The molecule has 3 rings (SSSR count). The number of carbonyl (C=O) groups excluding carboxylic acids is 1. The Kier molecular flexibility index (Phi) is 5.79. The van der Waals surface area contributed by atoms with Crippen LogP contribution in [0.1, 0.15) is 22.0 Å². The summed E-state index contributed by atoms with van der Waals surface area (Å²) in [4.78, 5) is 14.3. The number of hydrogen-bond acceptors (Lipinski definition) is 3. The van der Waals surface area contributed by atoms with Crippen molar-refractivity contribution in [1.29, 1.82) is 0 Å². The van der Waals surface area contributed by atoms with E-state index in [9.17, 15) is 18.0 Å². The minimum Gasteiger partial charge on any atom is -0.370 e. The van der Waals surface area contributed by atoms with Gasteiger partial charge in [-0.1, -0.05) is 23.7 Å². The summed E-state index contributed by atoms with van der Waals surface area (Å²) in [6.45, 7) is 1.20. The molecule has 0 N–H and O–H groups in total. The maximum atomic E-state index is 12.6. The Balaban J connectivity index is 1.68. The van der Waals surface area contributed by atoms with Crippen molar-refractivity contribution < 1.29 is 22.7 Å². The molecule has 0 radical (unpaired) electrons. The minimum atomic E-state index is -4.35. The Morgan fingerprint density at radius 2 is 1.77 bits per heavy atom. The Bertz CT molecular complexity index is 766. The number of thioether (sulfide) groups is 1. The first-order valence-electron chi connectivity index (χ1n) is 7.84. The fourth-order valence-electron chi connectivity index (χ4n) is 2.69. The van der Waals surface area contributed by atoms with E-state index in [1.165, 1.54) is 24.3 Å². The third-order valence-corrected chi connectivity index (χ3v) is 4.92. The number of hydrogen-bond donors (Lipinski definition) is 0. The standard InChI is InChI=1S/C18H15ClF3NO2S/c19-14-5-1-12(2-6-14)16-11-23(9-10-25-16)17(24)13-3-7-15(8-4-13)26-18(20,21)22/h1-8,16H,9-11H2. The second kappa shape index (κ2) is 7.90. The molecule has 3 nitrogen and oxygen atoms in total. The lowest BCUT2D eigenvalue weighted by Gasteiger charge is -2.33. The van der Waals surface area contributed by atoms with Gasteiger partial charge in [0, 0.05) is 22.0 Å². The fraction of sp³-hybridized carbons (Fsp3) is 0.278. The van der Waals surface area contributed by atoms with E-state index in [1.807, 2.05) is 12.1 Å². The van der Waals surface area contributed by atoms with Crippen LogP contribution in [0.25, 0.3) is 0 Å². The Morgan fingerprint density at radius 1 is 1.12 bits per heavy atom. The van der Waals surface area contributed by atoms with E-state index in [-0.39, 0.29) is 28.7 Å². The smallest absolute Gasteiger partial charge is 0.370 e. The Morgan fingerprint density at radius 3 is 2.38 bits per heavy atom. The van der Waals surface area contributed by atoms with Crippen molar-refractivity contribution in [2.75, 3.05) is 19.7 Å². The van der Waals surface area contributed by atoms with E-state index in [0.29, 0.717) is 30.3 Å². The molecule has 1 heterocycles. The highest BCUT2D eigenvalue weighted by Gasteiger charge is 2.30. The van der Waals surface area contributed by atoms with E-state index in [1.54, 1.807) is 17.0 Å². The molecule has 1 aliphatic heterocycles. The van der Waals surface area contributed by atoms with Gasteiger partial charge in [-0.15, -0.1) is 0 Å². The number of rotatable bonds is 3. The number of halogens is 4. The molecule has 0 saturated carbocycles. The third kappa shape index (κ3) is 4.93. The Labute approximate surface area is 158 Å². The molecule has 1 unspecified atom stereocenters. The normalized spacial score (nSPS) is 18.0. The van der Waals surface area contributed by atoms with Crippen LogP contribution in [0.3, 0.4) is 0 Å². The van der Waals surface area contributed by atoms with Gasteiger partial charge in [0.2, 0.25) is 0 Å². The number of ether oxygens (including phenoxy) is 1. The number of nitrogens with zero attached hydrogens (tertiary/aromatic N) is 1. The van der Waals surface area contributed by atoms with Crippen LogP contribution in [0, 0.1) is 0 Å². The maximum Gasteiger partial charge on any atom is 0.446 e. The Hall–Kier alpha value is -1.70. The minimum absolute atomic E-state index is 0.0510. The summed E-state index contributed by atoms with van der Waals surface area (Å²) < 4.78 is 42.9. The molecule has 0 bridgehead atoms. The van der Waals surface area contributed by atoms with Gasteiger partial charge < -0.3 is 9.64 Å². The van der Waals surface area contributed by atoms with E-state index in [0.717, 1.165) is 5.56 Å².